The normalized spacial score (nSPS) is 10.5. The van der Waals surface area contributed by atoms with Crippen molar-refractivity contribution in [2.75, 3.05) is 12.3 Å². The van der Waals surface area contributed by atoms with E-state index in [9.17, 15) is 0 Å². The van der Waals surface area contributed by atoms with Crippen LogP contribution in [0.4, 0.5) is 5.82 Å². The van der Waals surface area contributed by atoms with Crippen molar-refractivity contribution in [1.82, 2.24) is 19.7 Å². The van der Waals surface area contributed by atoms with Gasteiger partial charge in [-0.25, -0.2) is 14.6 Å². The van der Waals surface area contributed by atoms with Crippen molar-refractivity contribution in [1.29, 1.82) is 0 Å². The Hall–Kier alpha value is -1.63. The lowest BCUT2D eigenvalue weighted by atomic mass is 10.3. The first kappa shape index (κ1) is 11.8. The lowest BCUT2D eigenvalue weighted by Crippen LogP contribution is -2.06. The second-order valence-electron chi connectivity index (χ2n) is 3.37. The second kappa shape index (κ2) is 4.70. The largest absolute Gasteiger partial charge is 0.478 e. The maximum Gasteiger partial charge on any atom is 0.221 e. The molecule has 0 saturated heterocycles. The van der Waals surface area contributed by atoms with Gasteiger partial charge in [0.1, 0.15) is 6.33 Å². The molecule has 2 N–H and O–H groups in total. The molecule has 0 unspecified atom stereocenters. The van der Waals surface area contributed by atoms with E-state index in [1.54, 1.807) is 10.9 Å². The predicted octanol–water partition coefficient (Wildman–Crippen LogP) is 1.71. The first-order valence-electron chi connectivity index (χ1n) is 5.09. The molecule has 0 radical (unpaired) electrons. The Labute approximate surface area is 107 Å². The van der Waals surface area contributed by atoms with Gasteiger partial charge in [0, 0.05) is 6.20 Å². The Morgan fingerprint density at radius 2 is 2.24 bits per heavy atom. The Kier molecular flexibility index (Phi) is 3.28. The van der Waals surface area contributed by atoms with Crippen molar-refractivity contribution >= 4 is 21.7 Å². The number of anilines is 1. The molecule has 0 saturated carbocycles. The molecule has 17 heavy (non-hydrogen) atoms. The van der Waals surface area contributed by atoms with Gasteiger partial charge < -0.3 is 10.5 Å². The first-order valence-corrected chi connectivity index (χ1v) is 5.88. The van der Waals surface area contributed by atoms with E-state index in [1.807, 2.05) is 13.8 Å². The number of hydrogen-bond donors (Lipinski definition) is 1. The number of halogens is 1. The van der Waals surface area contributed by atoms with E-state index in [2.05, 4.69) is 31.0 Å². The van der Waals surface area contributed by atoms with Crippen molar-refractivity contribution in [3.63, 3.8) is 0 Å². The molecule has 2 aromatic rings. The number of aromatic nitrogens is 4. The van der Waals surface area contributed by atoms with Crippen LogP contribution < -0.4 is 10.5 Å². The monoisotopic (exact) mass is 297 g/mol. The van der Waals surface area contributed by atoms with Gasteiger partial charge in [0.15, 0.2) is 11.6 Å². The molecular formula is C10H12BrN5O. The van der Waals surface area contributed by atoms with Crippen LogP contribution in [-0.4, -0.2) is 26.4 Å². The zero-order chi connectivity index (χ0) is 12.4. The highest BCUT2D eigenvalue weighted by Crippen LogP contribution is 2.23. The SMILES string of the molecule is CCOc1ncnc(-n2cc(Br)c(N)n2)c1C. The quantitative estimate of drug-likeness (QED) is 0.933. The van der Waals surface area contributed by atoms with E-state index in [0.29, 0.717) is 24.1 Å². The third-order valence-corrected chi connectivity index (χ3v) is 2.82. The van der Waals surface area contributed by atoms with Gasteiger partial charge in [0.05, 0.1) is 16.6 Å². The minimum absolute atomic E-state index is 0.418. The van der Waals surface area contributed by atoms with Crippen LogP contribution in [0.5, 0.6) is 5.88 Å². The van der Waals surface area contributed by atoms with E-state index in [-0.39, 0.29) is 0 Å². The van der Waals surface area contributed by atoms with Crippen LogP contribution in [0.3, 0.4) is 0 Å². The predicted molar refractivity (Wildman–Crippen MR) is 67.2 cm³/mol. The van der Waals surface area contributed by atoms with Crippen molar-refractivity contribution in [2.24, 2.45) is 0 Å². The molecule has 0 aliphatic carbocycles. The summed E-state index contributed by atoms with van der Waals surface area (Å²) < 4.78 is 7.73. The van der Waals surface area contributed by atoms with Crippen LogP contribution in [0.15, 0.2) is 17.0 Å². The summed E-state index contributed by atoms with van der Waals surface area (Å²) in [6.07, 6.45) is 3.19. The van der Waals surface area contributed by atoms with Crippen molar-refractivity contribution in [3.05, 3.63) is 22.6 Å². The molecule has 0 aliphatic rings. The summed E-state index contributed by atoms with van der Waals surface area (Å²) in [5.41, 5.74) is 6.49. The fourth-order valence-electron chi connectivity index (χ4n) is 1.41. The summed E-state index contributed by atoms with van der Waals surface area (Å²) >= 11 is 3.30. The Bertz CT molecular complexity index is 520. The summed E-state index contributed by atoms with van der Waals surface area (Å²) in [7, 11) is 0. The number of rotatable bonds is 3. The number of hydrogen-bond acceptors (Lipinski definition) is 5. The second-order valence-corrected chi connectivity index (χ2v) is 4.22. The number of nitrogens with zero attached hydrogens (tertiary/aromatic N) is 4. The molecule has 2 aromatic heterocycles. The third kappa shape index (κ3) is 2.23. The molecule has 0 aromatic carbocycles. The minimum atomic E-state index is 0.418. The molecule has 0 bridgehead atoms. The van der Waals surface area contributed by atoms with Gasteiger partial charge in [-0.3, -0.25) is 0 Å². The Morgan fingerprint density at radius 3 is 2.82 bits per heavy atom. The zero-order valence-corrected chi connectivity index (χ0v) is 11.1. The fourth-order valence-corrected chi connectivity index (χ4v) is 1.69. The molecule has 0 aliphatic heterocycles. The van der Waals surface area contributed by atoms with Crippen LogP contribution >= 0.6 is 15.9 Å². The number of nitrogen functional groups attached to an aromatic ring is 1. The van der Waals surface area contributed by atoms with Crippen molar-refractivity contribution in [2.45, 2.75) is 13.8 Å². The van der Waals surface area contributed by atoms with Crippen LogP contribution in [0.1, 0.15) is 12.5 Å². The highest BCUT2D eigenvalue weighted by Gasteiger charge is 2.12. The molecule has 0 amide bonds. The topological polar surface area (TPSA) is 78.9 Å². The molecular weight excluding hydrogens is 286 g/mol. The number of nitrogens with two attached hydrogens (primary N) is 1. The van der Waals surface area contributed by atoms with Gasteiger partial charge in [0.25, 0.3) is 0 Å². The van der Waals surface area contributed by atoms with Crippen LogP contribution in [-0.2, 0) is 0 Å². The summed E-state index contributed by atoms with van der Waals surface area (Å²) in [6.45, 7) is 4.35. The minimum Gasteiger partial charge on any atom is -0.478 e. The molecule has 90 valence electrons. The Morgan fingerprint density at radius 1 is 1.47 bits per heavy atom. The molecule has 0 fully saturated rings. The van der Waals surface area contributed by atoms with Gasteiger partial charge in [-0.2, -0.15) is 0 Å². The maximum absolute atomic E-state index is 5.67. The molecule has 6 nitrogen and oxygen atoms in total. The van der Waals surface area contributed by atoms with Crippen molar-refractivity contribution < 1.29 is 4.74 Å². The highest BCUT2D eigenvalue weighted by molar-refractivity contribution is 9.10. The summed E-state index contributed by atoms with van der Waals surface area (Å²) in [4.78, 5) is 8.24. The average Bonchev–Trinajstić information content (AvgIpc) is 2.62. The van der Waals surface area contributed by atoms with E-state index < -0.39 is 0 Å². The molecule has 2 rings (SSSR count). The smallest absolute Gasteiger partial charge is 0.221 e. The Balaban J connectivity index is 2.48. The maximum atomic E-state index is 5.67. The summed E-state index contributed by atoms with van der Waals surface area (Å²) in [5.74, 6) is 1.63. The zero-order valence-electron chi connectivity index (χ0n) is 9.51. The standard InChI is InChI=1S/C10H12BrN5O/c1-3-17-10-6(2)9(13-5-14-10)16-4-7(11)8(12)15-16/h4-5H,3H2,1-2H3,(H2,12,15). The van der Waals surface area contributed by atoms with Gasteiger partial charge in [-0.05, 0) is 29.8 Å². The van der Waals surface area contributed by atoms with Gasteiger partial charge >= 0.3 is 0 Å². The van der Waals surface area contributed by atoms with Gasteiger partial charge in [-0.15, -0.1) is 5.10 Å². The molecule has 0 atom stereocenters. The van der Waals surface area contributed by atoms with E-state index in [1.165, 1.54) is 6.33 Å². The molecule has 0 spiro atoms. The van der Waals surface area contributed by atoms with Crippen LogP contribution in [0.2, 0.25) is 0 Å². The first-order chi connectivity index (χ1) is 8.13. The van der Waals surface area contributed by atoms with Crippen LogP contribution in [0, 0.1) is 6.92 Å². The van der Waals surface area contributed by atoms with Gasteiger partial charge in [-0.1, -0.05) is 0 Å². The van der Waals surface area contributed by atoms with E-state index >= 15 is 0 Å². The fraction of sp³-hybridized carbons (Fsp3) is 0.300. The average molecular weight is 298 g/mol. The molecule has 2 heterocycles. The summed E-state index contributed by atoms with van der Waals surface area (Å²) in [6, 6.07) is 0. The molecule has 7 heteroatoms. The highest BCUT2D eigenvalue weighted by atomic mass is 79.9. The van der Waals surface area contributed by atoms with Crippen molar-refractivity contribution in [3.8, 4) is 11.7 Å². The van der Waals surface area contributed by atoms with Gasteiger partial charge in [0.2, 0.25) is 5.88 Å². The summed E-state index contributed by atoms with van der Waals surface area (Å²) in [5, 5.41) is 4.14. The number of ether oxygens (including phenoxy) is 1. The van der Waals surface area contributed by atoms with Crippen LogP contribution in [0.25, 0.3) is 5.82 Å². The van der Waals surface area contributed by atoms with E-state index in [0.717, 1.165) is 10.0 Å². The lowest BCUT2D eigenvalue weighted by molar-refractivity contribution is 0.323. The third-order valence-electron chi connectivity index (χ3n) is 2.21. The lowest BCUT2D eigenvalue weighted by Gasteiger charge is -2.08. The van der Waals surface area contributed by atoms with E-state index in [4.69, 9.17) is 10.5 Å².